The number of amides is 2. The van der Waals surface area contributed by atoms with Crippen molar-refractivity contribution in [1.82, 2.24) is 14.9 Å². The first-order chi connectivity index (χ1) is 18.4. The van der Waals surface area contributed by atoms with Crippen molar-refractivity contribution in [1.29, 1.82) is 0 Å². The number of nitrogens with zero attached hydrogens (tertiary/aromatic N) is 4. The summed E-state index contributed by atoms with van der Waals surface area (Å²) in [5.74, 6) is 6.67. The van der Waals surface area contributed by atoms with Gasteiger partial charge in [0.15, 0.2) is 0 Å². The Bertz CT molecular complexity index is 1350. The van der Waals surface area contributed by atoms with Gasteiger partial charge in [0.25, 0.3) is 11.8 Å². The Morgan fingerprint density at radius 3 is 2.71 bits per heavy atom. The van der Waals surface area contributed by atoms with Crippen molar-refractivity contribution in [2.45, 2.75) is 39.0 Å². The number of nitrogens with one attached hydrogen (secondary N) is 1. The van der Waals surface area contributed by atoms with Crippen LogP contribution in [0.5, 0.6) is 0 Å². The number of anilines is 3. The van der Waals surface area contributed by atoms with Crippen molar-refractivity contribution >= 4 is 35.2 Å². The van der Waals surface area contributed by atoms with Gasteiger partial charge >= 0.3 is 5.97 Å². The summed E-state index contributed by atoms with van der Waals surface area (Å²) in [7, 11) is 3.30. The van der Waals surface area contributed by atoms with Gasteiger partial charge in [0, 0.05) is 43.4 Å². The molecule has 0 saturated heterocycles. The third-order valence-electron chi connectivity index (χ3n) is 6.31. The quantitative estimate of drug-likeness (QED) is 0.232. The summed E-state index contributed by atoms with van der Waals surface area (Å²) in [4.78, 5) is 49.2. The molecule has 0 bridgehead atoms. The standard InChI is InChI=1S/C29H31N5O4/c1-4-17-33(2)25-21(19-30-29(32-25)31-22-15-13-20(14-16-22)28(37)38-3)10-6-5-9-18-34-26(35)23-11-7-8-12-24(23)27(34)36/h7,11,13-16,19H,4-5,8-9,12,17-18H2,1-3H3,(H,30,31,32). The monoisotopic (exact) mass is 513 g/mol. The zero-order chi connectivity index (χ0) is 27.1. The maximum atomic E-state index is 12.6. The lowest BCUT2D eigenvalue weighted by Gasteiger charge is -2.19. The Kier molecular flexibility index (Phi) is 8.54. The molecule has 9 nitrogen and oxygen atoms in total. The molecule has 1 aliphatic heterocycles. The zero-order valence-corrected chi connectivity index (χ0v) is 21.9. The molecule has 38 heavy (non-hydrogen) atoms. The second kappa shape index (κ2) is 12.2. The number of hydrogen-bond acceptors (Lipinski definition) is 8. The minimum atomic E-state index is -0.397. The molecule has 4 rings (SSSR count). The number of imide groups is 1. The third kappa shape index (κ3) is 5.92. The molecule has 2 heterocycles. The van der Waals surface area contributed by atoms with Crippen molar-refractivity contribution in [3.05, 3.63) is 64.9 Å². The topological polar surface area (TPSA) is 105 Å². The van der Waals surface area contributed by atoms with E-state index in [1.54, 1.807) is 36.5 Å². The van der Waals surface area contributed by atoms with Crippen LogP contribution in [0, 0.1) is 11.8 Å². The van der Waals surface area contributed by atoms with E-state index in [2.05, 4.69) is 34.0 Å². The fraction of sp³-hybridized carbons (Fsp3) is 0.345. The predicted molar refractivity (Wildman–Crippen MR) is 145 cm³/mol. The van der Waals surface area contributed by atoms with Crippen LogP contribution >= 0.6 is 0 Å². The van der Waals surface area contributed by atoms with Gasteiger partial charge in [-0.2, -0.15) is 4.98 Å². The first-order valence-electron chi connectivity index (χ1n) is 12.7. The molecular weight excluding hydrogens is 482 g/mol. The van der Waals surface area contributed by atoms with Crippen molar-refractivity contribution in [2.75, 3.05) is 37.5 Å². The van der Waals surface area contributed by atoms with E-state index in [-0.39, 0.29) is 11.8 Å². The first kappa shape index (κ1) is 26.6. The summed E-state index contributed by atoms with van der Waals surface area (Å²) in [5, 5.41) is 3.16. The fourth-order valence-corrected chi connectivity index (χ4v) is 4.36. The Labute approximate surface area is 222 Å². The average molecular weight is 514 g/mol. The Morgan fingerprint density at radius 2 is 2.00 bits per heavy atom. The van der Waals surface area contributed by atoms with Crippen LogP contribution in [0.25, 0.3) is 0 Å². The van der Waals surface area contributed by atoms with E-state index in [1.165, 1.54) is 12.0 Å². The van der Waals surface area contributed by atoms with E-state index < -0.39 is 5.97 Å². The first-order valence-corrected chi connectivity index (χ1v) is 12.7. The molecule has 1 aliphatic carbocycles. The lowest BCUT2D eigenvalue weighted by molar-refractivity contribution is -0.137. The third-order valence-corrected chi connectivity index (χ3v) is 6.31. The molecule has 0 saturated carbocycles. The van der Waals surface area contributed by atoms with Gasteiger partial charge < -0.3 is 15.0 Å². The van der Waals surface area contributed by atoms with Gasteiger partial charge in [0.2, 0.25) is 5.95 Å². The highest BCUT2D eigenvalue weighted by Gasteiger charge is 2.36. The molecule has 1 N–H and O–H groups in total. The number of rotatable bonds is 9. The number of hydrogen-bond donors (Lipinski definition) is 1. The highest BCUT2D eigenvalue weighted by atomic mass is 16.5. The lowest BCUT2D eigenvalue weighted by atomic mass is 10.00. The van der Waals surface area contributed by atoms with Crippen LogP contribution in [0.2, 0.25) is 0 Å². The highest BCUT2D eigenvalue weighted by molar-refractivity contribution is 6.20. The summed E-state index contributed by atoms with van der Waals surface area (Å²) >= 11 is 0. The lowest BCUT2D eigenvalue weighted by Crippen LogP contribution is -2.32. The Hall–Kier alpha value is -4.45. The van der Waals surface area contributed by atoms with Gasteiger partial charge in [-0.1, -0.05) is 30.9 Å². The minimum Gasteiger partial charge on any atom is -0.465 e. The molecule has 1 aromatic heterocycles. The van der Waals surface area contributed by atoms with Crippen LogP contribution in [0.15, 0.2) is 53.8 Å². The van der Waals surface area contributed by atoms with E-state index in [0.717, 1.165) is 25.1 Å². The molecule has 0 fully saturated rings. The number of aromatic nitrogens is 2. The number of esters is 1. The summed E-state index contributed by atoms with van der Waals surface area (Å²) in [6.45, 7) is 3.24. The Balaban J connectivity index is 1.41. The second-order valence-corrected chi connectivity index (χ2v) is 9.05. The molecule has 0 spiro atoms. The van der Waals surface area contributed by atoms with Crippen LogP contribution in [0.3, 0.4) is 0 Å². The van der Waals surface area contributed by atoms with E-state index in [0.29, 0.717) is 59.8 Å². The number of carbonyl (C=O) groups is 3. The van der Waals surface area contributed by atoms with Crippen LogP contribution < -0.4 is 10.2 Å². The number of carbonyl (C=O) groups excluding carboxylic acids is 3. The fourth-order valence-electron chi connectivity index (χ4n) is 4.36. The predicted octanol–water partition coefficient (Wildman–Crippen LogP) is 4.00. The number of methoxy groups -OCH3 is 1. The molecule has 196 valence electrons. The van der Waals surface area contributed by atoms with E-state index >= 15 is 0 Å². The van der Waals surface area contributed by atoms with E-state index in [9.17, 15) is 14.4 Å². The molecular formula is C29H31N5O4. The molecule has 1 aromatic carbocycles. The van der Waals surface area contributed by atoms with Crippen LogP contribution in [0.4, 0.5) is 17.5 Å². The van der Waals surface area contributed by atoms with Gasteiger partial charge in [-0.3, -0.25) is 14.5 Å². The number of benzene rings is 1. The van der Waals surface area contributed by atoms with Crippen molar-refractivity contribution in [3.63, 3.8) is 0 Å². The van der Waals surface area contributed by atoms with Gasteiger partial charge in [-0.05, 0) is 49.9 Å². The highest BCUT2D eigenvalue weighted by Crippen LogP contribution is 2.29. The van der Waals surface area contributed by atoms with Crippen molar-refractivity contribution < 1.29 is 19.1 Å². The second-order valence-electron chi connectivity index (χ2n) is 9.05. The summed E-state index contributed by atoms with van der Waals surface area (Å²) in [6, 6.07) is 6.86. The summed E-state index contributed by atoms with van der Waals surface area (Å²) in [5.41, 5.74) is 3.07. The van der Waals surface area contributed by atoms with Gasteiger partial charge in [0.1, 0.15) is 5.82 Å². The van der Waals surface area contributed by atoms with Crippen molar-refractivity contribution in [2.24, 2.45) is 0 Å². The maximum absolute atomic E-state index is 12.6. The normalized spacial score (nSPS) is 14.2. The molecule has 0 radical (unpaired) electrons. The molecule has 0 atom stereocenters. The van der Waals surface area contributed by atoms with Crippen LogP contribution in [0.1, 0.15) is 54.9 Å². The van der Waals surface area contributed by atoms with E-state index in [4.69, 9.17) is 4.74 Å². The van der Waals surface area contributed by atoms with E-state index in [1.807, 2.05) is 18.0 Å². The SMILES string of the molecule is CCCN(C)c1nc(Nc2ccc(C(=O)OC)cc2)ncc1C#CCCCN1C(=O)C2=C(CCC=C2)C1=O. The molecule has 2 amide bonds. The smallest absolute Gasteiger partial charge is 0.337 e. The summed E-state index contributed by atoms with van der Waals surface area (Å²) < 4.78 is 4.74. The van der Waals surface area contributed by atoms with Gasteiger partial charge in [0.05, 0.1) is 24.4 Å². The zero-order valence-electron chi connectivity index (χ0n) is 21.9. The number of allylic oxidation sites excluding steroid dienone is 1. The van der Waals surface area contributed by atoms with Gasteiger partial charge in [-0.25, -0.2) is 9.78 Å². The molecule has 9 heteroatoms. The largest absolute Gasteiger partial charge is 0.465 e. The number of unbranched alkanes of at least 4 members (excludes halogenated alkanes) is 1. The summed E-state index contributed by atoms with van der Waals surface area (Å²) in [6.07, 6.45) is 8.88. The average Bonchev–Trinajstić information content (AvgIpc) is 3.18. The van der Waals surface area contributed by atoms with Gasteiger partial charge in [-0.15, -0.1) is 0 Å². The molecule has 0 unspecified atom stereocenters. The maximum Gasteiger partial charge on any atom is 0.337 e. The number of ether oxygens (including phenoxy) is 1. The van der Waals surface area contributed by atoms with Crippen LogP contribution in [-0.4, -0.2) is 59.9 Å². The Morgan fingerprint density at radius 1 is 1.21 bits per heavy atom. The van der Waals surface area contributed by atoms with Crippen LogP contribution in [-0.2, 0) is 14.3 Å². The molecule has 2 aliphatic rings. The molecule has 2 aromatic rings. The van der Waals surface area contributed by atoms with Crippen molar-refractivity contribution in [3.8, 4) is 11.8 Å². The minimum absolute atomic E-state index is 0.165.